The molecule has 0 spiro atoms. The predicted molar refractivity (Wildman–Crippen MR) is 65.6 cm³/mol. The minimum atomic E-state index is -0.293. The summed E-state index contributed by atoms with van der Waals surface area (Å²) < 4.78 is 0. The van der Waals surface area contributed by atoms with Crippen molar-refractivity contribution in [2.75, 3.05) is 13.6 Å². The molecule has 0 amide bonds. The van der Waals surface area contributed by atoms with Gasteiger partial charge < -0.3 is 0 Å². The van der Waals surface area contributed by atoms with Crippen LogP contribution < -0.4 is 0 Å². The molecule has 0 atom stereocenters. The molecule has 0 aromatic heterocycles. The van der Waals surface area contributed by atoms with Gasteiger partial charge in [0.1, 0.15) is 0 Å². The van der Waals surface area contributed by atoms with Gasteiger partial charge in [0.25, 0.3) is 0 Å². The van der Waals surface area contributed by atoms with Crippen molar-refractivity contribution in [3.63, 3.8) is 0 Å². The van der Waals surface area contributed by atoms with Crippen LogP contribution in [0.3, 0.4) is 0 Å². The number of hydrogen-bond donors (Lipinski definition) is 0. The summed E-state index contributed by atoms with van der Waals surface area (Å²) in [6.07, 6.45) is 1.73. The van der Waals surface area contributed by atoms with Gasteiger partial charge in [0.2, 0.25) is 0 Å². The van der Waals surface area contributed by atoms with Crippen LogP contribution in [-0.2, 0) is 17.6 Å². The minimum Gasteiger partial charge on any atom is -0.298 e. The Morgan fingerprint density at radius 1 is 1.31 bits per heavy atom. The number of likely N-dealkylation sites (N-methyl/N-ethyl adjacent to an activating group) is 1. The molecule has 0 radical (unpaired) electrons. The topological polar surface area (TPSA) is 20.3 Å². The molecule has 1 aliphatic carbocycles. The zero-order valence-corrected chi connectivity index (χ0v) is 10.3. The van der Waals surface area contributed by atoms with Gasteiger partial charge in [-0.25, -0.2) is 0 Å². The quantitative estimate of drug-likeness (QED) is 0.772. The Bertz CT molecular complexity index is 386. The van der Waals surface area contributed by atoms with Crippen LogP contribution in [0.2, 0.25) is 0 Å². The van der Waals surface area contributed by atoms with Gasteiger partial charge in [0.15, 0.2) is 5.78 Å². The second-order valence-electron chi connectivity index (χ2n) is 4.72. The number of rotatable bonds is 3. The van der Waals surface area contributed by atoms with Crippen molar-refractivity contribution in [3.8, 4) is 0 Å². The van der Waals surface area contributed by atoms with Crippen LogP contribution in [-0.4, -0.2) is 29.8 Å². The number of nitrogens with zero attached hydrogens (tertiary/aromatic N) is 1. The van der Waals surface area contributed by atoms with Crippen molar-refractivity contribution in [1.29, 1.82) is 0 Å². The Labute approximate surface area is 97.3 Å². The molecule has 0 heterocycles. The first-order chi connectivity index (χ1) is 7.60. The van der Waals surface area contributed by atoms with Crippen LogP contribution in [0.15, 0.2) is 24.3 Å². The zero-order chi connectivity index (χ0) is 11.8. The summed E-state index contributed by atoms with van der Waals surface area (Å²) in [5.74, 6) is 0.285. The average molecular weight is 217 g/mol. The highest BCUT2D eigenvalue weighted by Crippen LogP contribution is 2.34. The molecule has 16 heavy (non-hydrogen) atoms. The van der Waals surface area contributed by atoms with Crippen molar-refractivity contribution in [2.24, 2.45) is 0 Å². The fourth-order valence-corrected chi connectivity index (χ4v) is 2.69. The van der Waals surface area contributed by atoms with Crippen LogP contribution in [0, 0.1) is 0 Å². The number of fused-ring (bicyclic) bond motifs is 1. The van der Waals surface area contributed by atoms with Crippen LogP contribution in [0.5, 0.6) is 0 Å². The van der Waals surface area contributed by atoms with Crippen LogP contribution >= 0.6 is 0 Å². The van der Waals surface area contributed by atoms with E-state index in [2.05, 4.69) is 36.1 Å². The summed E-state index contributed by atoms with van der Waals surface area (Å²) in [4.78, 5) is 14.2. The maximum atomic E-state index is 12.0. The molecule has 0 aliphatic heterocycles. The molecule has 2 nitrogen and oxygen atoms in total. The van der Waals surface area contributed by atoms with E-state index in [4.69, 9.17) is 0 Å². The maximum absolute atomic E-state index is 12.0. The lowest BCUT2D eigenvalue weighted by molar-refractivity contribution is -0.127. The van der Waals surface area contributed by atoms with Gasteiger partial charge in [-0.1, -0.05) is 31.2 Å². The van der Waals surface area contributed by atoms with Gasteiger partial charge in [-0.2, -0.15) is 0 Å². The summed E-state index contributed by atoms with van der Waals surface area (Å²) in [7, 11) is 2.05. The highest BCUT2D eigenvalue weighted by atomic mass is 16.1. The van der Waals surface area contributed by atoms with E-state index in [0.29, 0.717) is 0 Å². The van der Waals surface area contributed by atoms with Gasteiger partial charge in [-0.15, -0.1) is 0 Å². The third kappa shape index (κ3) is 1.57. The zero-order valence-electron chi connectivity index (χ0n) is 10.3. The van der Waals surface area contributed by atoms with Crippen molar-refractivity contribution in [3.05, 3.63) is 35.4 Å². The lowest BCUT2D eigenvalue weighted by atomic mass is 9.89. The Hall–Kier alpha value is -1.15. The van der Waals surface area contributed by atoms with Crippen LogP contribution in [0.1, 0.15) is 25.0 Å². The number of carbonyl (C=O) groups excluding carboxylic acids is 1. The first-order valence-corrected chi connectivity index (χ1v) is 5.89. The second kappa shape index (κ2) is 4.02. The molecule has 0 saturated heterocycles. The van der Waals surface area contributed by atoms with E-state index in [1.807, 2.05) is 7.05 Å². The van der Waals surface area contributed by atoms with Gasteiger partial charge in [-0.3, -0.25) is 9.69 Å². The van der Waals surface area contributed by atoms with E-state index >= 15 is 0 Å². The van der Waals surface area contributed by atoms with Gasteiger partial charge >= 0.3 is 0 Å². The number of ketones is 1. The summed E-state index contributed by atoms with van der Waals surface area (Å²) in [5, 5.41) is 0. The number of carbonyl (C=O) groups is 1. The fraction of sp³-hybridized carbons (Fsp3) is 0.500. The SMILES string of the molecule is CCN(C)C1(C(C)=O)Cc2ccccc2C1. The van der Waals surface area contributed by atoms with Crippen molar-refractivity contribution in [1.82, 2.24) is 4.90 Å². The molecule has 2 heteroatoms. The smallest absolute Gasteiger partial charge is 0.150 e. The third-order valence-corrected chi connectivity index (χ3v) is 3.94. The first kappa shape index (κ1) is 11.3. The Morgan fingerprint density at radius 2 is 1.81 bits per heavy atom. The van der Waals surface area contributed by atoms with Crippen molar-refractivity contribution >= 4 is 5.78 Å². The molecule has 0 saturated carbocycles. The molecule has 0 fully saturated rings. The van der Waals surface area contributed by atoms with Gasteiger partial charge in [0.05, 0.1) is 5.54 Å². The molecule has 86 valence electrons. The predicted octanol–water partition coefficient (Wildman–Crippen LogP) is 2.06. The van der Waals surface area contributed by atoms with Crippen molar-refractivity contribution in [2.45, 2.75) is 32.2 Å². The summed E-state index contributed by atoms with van der Waals surface area (Å²) in [5.41, 5.74) is 2.37. The van der Waals surface area contributed by atoms with E-state index in [1.54, 1.807) is 6.92 Å². The van der Waals surface area contributed by atoms with E-state index in [1.165, 1.54) is 11.1 Å². The summed E-state index contributed by atoms with van der Waals surface area (Å²) in [6.45, 7) is 4.74. The van der Waals surface area contributed by atoms with Crippen LogP contribution in [0.25, 0.3) is 0 Å². The molecule has 2 rings (SSSR count). The van der Waals surface area contributed by atoms with E-state index in [9.17, 15) is 4.79 Å². The fourth-order valence-electron chi connectivity index (χ4n) is 2.69. The maximum Gasteiger partial charge on any atom is 0.150 e. The highest BCUT2D eigenvalue weighted by Gasteiger charge is 2.43. The molecule has 0 bridgehead atoms. The normalized spacial score (nSPS) is 17.5. The van der Waals surface area contributed by atoms with Gasteiger partial charge in [0, 0.05) is 0 Å². The standard InChI is InChI=1S/C14H19NO/c1-4-15(3)14(11(2)16)9-12-7-5-6-8-13(12)10-14/h5-8H,4,9-10H2,1-3H3. The summed E-state index contributed by atoms with van der Waals surface area (Å²) >= 11 is 0. The first-order valence-electron chi connectivity index (χ1n) is 5.89. The largest absolute Gasteiger partial charge is 0.298 e. The Balaban J connectivity index is 2.38. The van der Waals surface area contributed by atoms with E-state index in [0.717, 1.165) is 19.4 Å². The minimum absolute atomic E-state index is 0.285. The number of benzene rings is 1. The Morgan fingerprint density at radius 3 is 2.19 bits per heavy atom. The second-order valence-corrected chi connectivity index (χ2v) is 4.72. The highest BCUT2D eigenvalue weighted by molar-refractivity contribution is 5.88. The number of Topliss-reactive ketones (excluding diaryl/α,β-unsaturated/α-hetero) is 1. The molecule has 1 aromatic carbocycles. The average Bonchev–Trinajstić information content (AvgIpc) is 2.68. The van der Waals surface area contributed by atoms with E-state index in [-0.39, 0.29) is 11.3 Å². The monoisotopic (exact) mass is 217 g/mol. The molecular formula is C14H19NO. The number of hydrogen-bond acceptors (Lipinski definition) is 2. The molecule has 0 N–H and O–H groups in total. The van der Waals surface area contributed by atoms with Gasteiger partial charge in [-0.05, 0) is 44.5 Å². The molecule has 0 unspecified atom stereocenters. The summed E-state index contributed by atoms with van der Waals surface area (Å²) in [6, 6.07) is 8.40. The molecular weight excluding hydrogens is 198 g/mol. The third-order valence-electron chi connectivity index (χ3n) is 3.94. The molecule has 1 aromatic rings. The van der Waals surface area contributed by atoms with E-state index < -0.39 is 0 Å². The van der Waals surface area contributed by atoms with Crippen molar-refractivity contribution < 1.29 is 4.79 Å². The van der Waals surface area contributed by atoms with Crippen LogP contribution in [0.4, 0.5) is 0 Å². The Kier molecular flexibility index (Phi) is 2.85. The molecule has 1 aliphatic rings. The lowest BCUT2D eigenvalue weighted by Gasteiger charge is -2.35. The lowest BCUT2D eigenvalue weighted by Crippen LogP contribution is -2.52.